The second-order valence-corrected chi connectivity index (χ2v) is 4.79. The lowest BCUT2D eigenvalue weighted by Crippen LogP contribution is -2.46. The quantitative estimate of drug-likeness (QED) is 0.662. The van der Waals surface area contributed by atoms with Gasteiger partial charge in [0.2, 0.25) is 0 Å². The first-order valence-corrected chi connectivity index (χ1v) is 5.58. The maximum absolute atomic E-state index is 11.4. The molecule has 0 aromatic heterocycles. The molecule has 0 spiro atoms. The zero-order valence-electron chi connectivity index (χ0n) is 10.5. The van der Waals surface area contributed by atoms with E-state index in [4.69, 9.17) is 9.84 Å². The number of alkyl carbamates (subject to hydrolysis) is 1. The fourth-order valence-corrected chi connectivity index (χ4v) is 1.26. The standard InChI is InChI=1S/C11H23NO4/c1-5-6-8(9(14)7-13)12-10(15)16-11(2,3)4/h8-9,13-14H,5-7H2,1-4H3,(H,12,15)/t8-,9+/m1/s1. The van der Waals surface area contributed by atoms with Crippen molar-refractivity contribution in [3.8, 4) is 0 Å². The molecule has 0 aromatic rings. The van der Waals surface area contributed by atoms with Crippen LogP contribution in [0.5, 0.6) is 0 Å². The van der Waals surface area contributed by atoms with Crippen molar-refractivity contribution in [1.82, 2.24) is 5.32 Å². The third kappa shape index (κ3) is 6.63. The predicted molar refractivity (Wildman–Crippen MR) is 61.2 cm³/mol. The Bertz CT molecular complexity index is 213. The topological polar surface area (TPSA) is 78.8 Å². The molecule has 0 rings (SSSR count). The second kappa shape index (κ2) is 6.70. The lowest BCUT2D eigenvalue weighted by atomic mass is 10.1. The van der Waals surface area contributed by atoms with Gasteiger partial charge in [-0.15, -0.1) is 0 Å². The van der Waals surface area contributed by atoms with Crippen LogP contribution in [0.4, 0.5) is 4.79 Å². The van der Waals surface area contributed by atoms with Crippen LogP contribution < -0.4 is 5.32 Å². The van der Waals surface area contributed by atoms with Crippen LogP contribution in [0.2, 0.25) is 0 Å². The fourth-order valence-electron chi connectivity index (χ4n) is 1.26. The highest BCUT2D eigenvalue weighted by molar-refractivity contribution is 5.68. The molecule has 0 unspecified atom stereocenters. The maximum atomic E-state index is 11.4. The first-order chi connectivity index (χ1) is 7.30. The van der Waals surface area contributed by atoms with E-state index in [0.717, 1.165) is 6.42 Å². The molecule has 0 aliphatic rings. The van der Waals surface area contributed by atoms with Crippen LogP contribution in [-0.2, 0) is 4.74 Å². The largest absolute Gasteiger partial charge is 0.444 e. The van der Waals surface area contributed by atoms with Crippen molar-refractivity contribution in [3.63, 3.8) is 0 Å². The molecule has 0 aliphatic heterocycles. The normalized spacial score (nSPS) is 15.4. The summed E-state index contributed by atoms with van der Waals surface area (Å²) in [4.78, 5) is 11.4. The fraction of sp³-hybridized carbons (Fsp3) is 0.909. The molecule has 0 heterocycles. The number of nitrogens with one attached hydrogen (secondary N) is 1. The van der Waals surface area contributed by atoms with Gasteiger partial charge < -0.3 is 20.3 Å². The van der Waals surface area contributed by atoms with Crippen molar-refractivity contribution in [2.75, 3.05) is 6.61 Å². The lowest BCUT2D eigenvalue weighted by molar-refractivity contribution is 0.0305. The summed E-state index contributed by atoms with van der Waals surface area (Å²) in [5, 5.41) is 20.9. The Hall–Kier alpha value is -0.810. The molecule has 96 valence electrons. The van der Waals surface area contributed by atoms with E-state index in [-0.39, 0.29) is 6.61 Å². The Morgan fingerprint density at radius 2 is 2.00 bits per heavy atom. The van der Waals surface area contributed by atoms with E-state index in [9.17, 15) is 9.90 Å². The van der Waals surface area contributed by atoms with Crippen LogP contribution in [0.25, 0.3) is 0 Å². The Kier molecular flexibility index (Phi) is 6.36. The molecule has 0 radical (unpaired) electrons. The number of hydrogen-bond donors (Lipinski definition) is 3. The van der Waals surface area contributed by atoms with Crippen LogP contribution in [-0.4, -0.2) is 40.7 Å². The van der Waals surface area contributed by atoms with Crippen LogP contribution in [0, 0.1) is 0 Å². The van der Waals surface area contributed by atoms with Gasteiger partial charge in [0, 0.05) is 0 Å². The summed E-state index contributed by atoms with van der Waals surface area (Å²) in [6.45, 7) is 6.87. The van der Waals surface area contributed by atoms with Gasteiger partial charge in [-0.1, -0.05) is 13.3 Å². The monoisotopic (exact) mass is 233 g/mol. The van der Waals surface area contributed by atoms with Crippen LogP contribution in [0.3, 0.4) is 0 Å². The number of aliphatic hydroxyl groups excluding tert-OH is 2. The molecule has 3 N–H and O–H groups in total. The highest BCUT2D eigenvalue weighted by Gasteiger charge is 2.23. The molecule has 1 amide bonds. The number of rotatable bonds is 5. The number of ether oxygens (including phenoxy) is 1. The van der Waals surface area contributed by atoms with E-state index in [2.05, 4.69) is 5.32 Å². The van der Waals surface area contributed by atoms with Gasteiger partial charge in [0.25, 0.3) is 0 Å². The van der Waals surface area contributed by atoms with Gasteiger partial charge >= 0.3 is 6.09 Å². The van der Waals surface area contributed by atoms with Crippen molar-refractivity contribution in [3.05, 3.63) is 0 Å². The minimum atomic E-state index is -0.951. The average molecular weight is 233 g/mol. The van der Waals surface area contributed by atoms with E-state index in [1.165, 1.54) is 0 Å². The maximum Gasteiger partial charge on any atom is 0.407 e. The molecule has 0 saturated heterocycles. The van der Waals surface area contributed by atoms with Gasteiger partial charge in [-0.2, -0.15) is 0 Å². The molecule has 5 heteroatoms. The van der Waals surface area contributed by atoms with Gasteiger partial charge in [0.15, 0.2) is 0 Å². The third-order valence-electron chi connectivity index (χ3n) is 1.95. The first-order valence-electron chi connectivity index (χ1n) is 5.58. The van der Waals surface area contributed by atoms with Crippen molar-refractivity contribution in [1.29, 1.82) is 0 Å². The Balaban J connectivity index is 4.23. The lowest BCUT2D eigenvalue weighted by Gasteiger charge is -2.25. The second-order valence-electron chi connectivity index (χ2n) is 4.79. The number of carbonyl (C=O) groups is 1. The van der Waals surface area contributed by atoms with Gasteiger partial charge in [-0.05, 0) is 27.2 Å². The van der Waals surface area contributed by atoms with Crippen molar-refractivity contribution < 1.29 is 19.7 Å². The highest BCUT2D eigenvalue weighted by Crippen LogP contribution is 2.08. The SMILES string of the molecule is CCC[C@@H](NC(=O)OC(C)(C)C)[C@@H](O)CO. The van der Waals surface area contributed by atoms with Crippen LogP contribution in [0.15, 0.2) is 0 Å². The summed E-state index contributed by atoms with van der Waals surface area (Å²) in [7, 11) is 0. The summed E-state index contributed by atoms with van der Waals surface area (Å²) < 4.78 is 5.07. The summed E-state index contributed by atoms with van der Waals surface area (Å²) >= 11 is 0. The molecule has 0 aliphatic carbocycles. The van der Waals surface area contributed by atoms with E-state index >= 15 is 0 Å². The zero-order valence-corrected chi connectivity index (χ0v) is 10.5. The smallest absolute Gasteiger partial charge is 0.407 e. The molecule has 16 heavy (non-hydrogen) atoms. The minimum Gasteiger partial charge on any atom is -0.444 e. The van der Waals surface area contributed by atoms with E-state index in [1.54, 1.807) is 20.8 Å². The van der Waals surface area contributed by atoms with Gasteiger partial charge in [0.05, 0.1) is 18.8 Å². The van der Waals surface area contributed by atoms with E-state index in [0.29, 0.717) is 6.42 Å². The summed E-state index contributed by atoms with van der Waals surface area (Å²) in [5.74, 6) is 0. The molecule has 0 bridgehead atoms. The number of amides is 1. The predicted octanol–water partition coefficient (Wildman–Crippen LogP) is 1.03. The molecule has 0 saturated carbocycles. The van der Waals surface area contributed by atoms with Gasteiger partial charge in [-0.3, -0.25) is 0 Å². The number of aliphatic hydroxyl groups is 2. The van der Waals surface area contributed by atoms with Gasteiger partial charge in [-0.25, -0.2) is 4.79 Å². The molecular weight excluding hydrogens is 210 g/mol. The van der Waals surface area contributed by atoms with Crippen molar-refractivity contribution >= 4 is 6.09 Å². The first kappa shape index (κ1) is 15.2. The minimum absolute atomic E-state index is 0.375. The summed E-state index contributed by atoms with van der Waals surface area (Å²) in [6, 6.07) is -0.468. The van der Waals surface area contributed by atoms with Crippen LogP contribution >= 0.6 is 0 Å². The summed E-state index contributed by atoms with van der Waals surface area (Å²) in [5.41, 5.74) is -0.564. The number of carbonyl (C=O) groups excluding carboxylic acids is 1. The molecular formula is C11H23NO4. The molecule has 0 fully saturated rings. The van der Waals surface area contributed by atoms with Crippen molar-refractivity contribution in [2.24, 2.45) is 0 Å². The Labute approximate surface area is 96.8 Å². The highest BCUT2D eigenvalue weighted by atomic mass is 16.6. The molecule has 0 aromatic carbocycles. The molecule has 5 nitrogen and oxygen atoms in total. The molecule has 2 atom stereocenters. The van der Waals surface area contributed by atoms with Crippen LogP contribution in [0.1, 0.15) is 40.5 Å². The average Bonchev–Trinajstić information content (AvgIpc) is 2.13. The third-order valence-corrected chi connectivity index (χ3v) is 1.95. The zero-order chi connectivity index (χ0) is 12.8. The van der Waals surface area contributed by atoms with Crippen molar-refractivity contribution in [2.45, 2.75) is 58.3 Å². The summed E-state index contributed by atoms with van der Waals surface area (Å²) in [6.07, 6.45) is -0.121. The Morgan fingerprint density at radius 1 is 1.44 bits per heavy atom. The Morgan fingerprint density at radius 3 is 2.38 bits per heavy atom. The van der Waals surface area contributed by atoms with E-state index in [1.807, 2.05) is 6.92 Å². The van der Waals surface area contributed by atoms with E-state index < -0.39 is 23.8 Å². The number of hydrogen-bond acceptors (Lipinski definition) is 4. The van der Waals surface area contributed by atoms with Gasteiger partial charge in [0.1, 0.15) is 5.60 Å².